The molecule has 0 fully saturated rings. The molecule has 0 radical (unpaired) electrons. The van der Waals surface area contributed by atoms with Gasteiger partial charge in [0.15, 0.2) is 22.7 Å². The maximum absolute atomic E-state index is 12.9. The summed E-state index contributed by atoms with van der Waals surface area (Å²) in [7, 11) is 3.02. The summed E-state index contributed by atoms with van der Waals surface area (Å²) < 4.78 is 14.8. The minimum absolute atomic E-state index is 0.200. The molecule has 5 rings (SSSR count). The molecular formula is C24H24N6O5. The number of ether oxygens (including phenoxy) is 2. The van der Waals surface area contributed by atoms with E-state index in [0.29, 0.717) is 53.5 Å². The van der Waals surface area contributed by atoms with Gasteiger partial charge in [0.05, 0.1) is 11.9 Å². The van der Waals surface area contributed by atoms with Gasteiger partial charge in [0.25, 0.3) is 11.5 Å². The smallest absolute Gasteiger partial charge is 0.332 e. The highest BCUT2D eigenvalue weighted by molar-refractivity contribution is 5.99. The molecule has 0 atom stereocenters. The third kappa shape index (κ3) is 4.12. The van der Waals surface area contributed by atoms with Crippen LogP contribution in [0.4, 0.5) is 5.69 Å². The number of aryl methyl sites for hydroxylation is 1. The molecule has 4 aromatic rings. The second-order valence-electron chi connectivity index (χ2n) is 8.16. The number of aromatic nitrogens is 4. The summed E-state index contributed by atoms with van der Waals surface area (Å²) in [6, 6.07) is 12.8. The van der Waals surface area contributed by atoms with Crippen molar-refractivity contribution in [2.45, 2.75) is 13.1 Å². The van der Waals surface area contributed by atoms with Gasteiger partial charge in [-0.1, -0.05) is 18.2 Å². The van der Waals surface area contributed by atoms with Crippen LogP contribution in [0.25, 0.3) is 11.2 Å². The molecule has 1 amide bonds. The molecule has 2 aromatic carbocycles. The average Bonchev–Trinajstić information content (AvgIpc) is 3.52. The van der Waals surface area contributed by atoms with Gasteiger partial charge in [0.1, 0.15) is 0 Å². The first-order valence-corrected chi connectivity index (χ1v) is 11.0. The zero-order valence-corrected chi connectivity index (χ0v) is 19.3. The quantitative estimate of drug-likeness (QED) is 0.411. The Bertz CT molecular complexity index is 1550. The Morgan fingerprint density at radius 3 is 2.71 bits per heavy atom. The summed E-state index contributed by atoms with van der Waals surface area (Å²) in [5.41, 5.74) is 1.93. The minimum Gasteiger partial charge on any atom is -0.454 e. The number of amides is 1. The molecule has 0 bridgehead atoms. The number of imidazole rings is 1. The minimum atomic E-state index is -0.424. The third-order valence-corrected chi connectivity index (χ3v) is 5.95. The lowest BCUT2D eigenvalue weighted by atomic mass is 10.1. The van der Waals surface area contributed by atoms with E-state index in [4.69, 9.17) is 9.47 Å². The first-order valence-electron chi connectivity index (χ1n) is 11.0. The maximum Gasteiger partial charge on any atom is 0.332 e. The lowest BCUT2D eigenvalue weighted by molar-refractivity contribution is 0.0951. The first kappa shape index (κ1) is 22.3. The Hall–Kier alpha value is -4.54. The van der Waals surface area contributed by atoms with Crippen LogP contribution in [0.3, 0.4) is 0 Å². The van der Waals surface area contributed by atoms with Crippen molar-refractivity contribution >= 4 is 22.8 Å². The van der Waals surface area contributed by atoms with Crippen molar-refractivity contribution in [3.05, 3.63) is 80.8 Å². The van der Waals surface area contributed by atoms with E-state index >= 15 is 0 Å². The highest BCUT2D eigenvalue weighted by Gasteiger charge is 2.16. The van der Waals surface area contributed by atoms with E-state index in [2.05, 4.69) is 15.6 Å². The maximum atomic E-state index is 12.9. The number of anilines is 1. The SMILES string of the molecule is Cn1c(=O)c2c(ncn2CCNc2ccccc2C(=O)NCc2ccc3c(c2)OCO3)n(C)c1=O. The van der Waals surface area contributed by atoms with Crippen LogP contribution in [0.2, 0.25) is 0 Å². The van der Waals surface area contributed by atoms with Crippen LogP contribution >= 0.6 is 0 Å². The molecule has 0 saturated heterocycles. The van der Waals surface area contributed by atoms with Crippen molar-refractivity contribution < 1.29 is 14.3 Å². The summed E-state index contributed by atoms with van der Waals surface area (Å²) in [5.74, 6) is 1.14. The number of hydrogen-bond acceptors (Lipinski definition) is 7. The van der Waals surface area contributed by atoms with E-state index in [9.17, 15) is 14.4 Å². The Kier molecular flexibility index (Phi) is 5.73. The van der Waals surface area contributed by atoms with Crippen LogP contribution in [0.5, 0.6) is 11.5 Å². The van der Waals surface area contributed by atoms with Gasteiger partial charge in [-0.15, -0.1) is 0 Å². The first-order chi connectivity index (χ1) is 16.9. The molecule has 3 heterocycles. The summed E-state index contributed by atoms with van der Waals surface area (Å²) in [5, 5.41) is 6.20. The molecule has 11 nitrogen and oxygen atoms in total. The molecule has 0 aliphatic carbocycles. The van der Waals surface area contributed by atoms with Crippen molar-refractivity contribution in [1.82, 2.24) is 24.0 Å². The molecule has 0 saturated carbocycles. The number of carbonyl (C=O) groups excluding carboxylic acids is 1. The van der Waals surface area contributed by atoms with Gasteiger partial charge in [0.2, 0.25) is 6.79 Å². The number of nitrogens with one attached hydrogen (secondary N) is 2. The monoisotopic (exact) mass is 476 g/mol. The van der Waals surface area contributed by atoms with Gasteiger partial charge in [-0.2, -0.15) is 0 Å². The van der Waals surface area contributed by atoms with Crippen LogP contribution in [0.1, 0.15) is 15.9 Å². The molecular weight excluding hydrogens is 452 g/mol. The van der Waals surface area contributed by atoms with E-state index < -0.39 is 11.2 Å². The number of para-hydroxylation sites is 1. The van der Waals surface area contributed by atoms with E-state index in [1.165, 1.54) is 17.9 Å². The Balaban J connectivity index is 1.27. The third-order valence-electron chi connectivity index (χ3n) is 5.95. The Morgan fingerprint density at radius 1 is 1.06 bits per heavy atom. The molecule has 0 spiro atoms. The number of hydrogen-bond donors (Lipinski definition) is 2. The molecule has 35 heavy (non-hydrogen) atoms. The van der Waals surface area contributed by atoms with Crippen molar-refractivity contribution in [3.8, 4) is 11.5 Å². The highest BCUT2D eigenvalue weighted by Crippen LogP contribution is 2.32. The van der Waals surface area contributed by atoms with Crippen molar-refractivity contribution in [2.75, 3.05) is 18.7 Å². The zero-order chi connectivity index (χ0) is 24.5. The van der Waals surface area contributed by atoms with Gasteiger partial charge < -0.3 is 24.7 Å². The summed E-state index contributed by atoms with van der Waals surface area (Å²) in [4.78, 5) is 41.9. The van der Waals surface area contributed by atoms with E-state index in [0.717, 1.165) is 10.1 Å². The fourth-order valence-corrected chi connectivity index (χ4v) is 4.04. The molecule has 2 aromatic heterocycles. The molecule has 11 heteroatoms. The Morgan fingerprint density at radius 2 is 1.86 bits per heavy atom. The molecule has 2 N–H and O–H groups in total. The highest BCUT2D eigenvalue weighted by atomic mass is 16.7. The predicted molar refractivity (Wildman–Crippen MR) is 129 cm³/mol. The number of fused-ring (bicyclic) bond motifs is 2. The zero-order valence-electron chi connectivity index (χ0n) is 19.3. The van der Waals surface area contributed by atoms with Crippen LogP contribution < -0.4 is 31.4 Å². The van der Waals surface area contributed by atoms with Crippen molar-refractivity contribution in [2.24, 2.45) is 14.1 Å². The normalized spacial score (nSPS) is 12.2. The lowest BCUT2D eigenvalue weighted by Crippen LogP contribution is -2.37. The van der Waals surface area contributed by atoms with Gasteiger partial charge >= 0.3 is 5.69 Å². The number of rotatable bonds is 7. The van der Waals surface area contributed by atoms with Crippen LogP contribution in [-0.2, 0) is 27.2 Å². The number of benzene rings is 2. The molecule has 1 aliphatic rings. The second-order valence-corrected chi connectivity index (χ2v) is 8.16. The fourth-order valence-electron chi connectivity index (χ4n) is 4.04. The summed E-state index contributed by atoms with van der Waals surface area (Å²) >= 11 is 0. The summed E-state index contributed by atoms with van der Waals surface area (Å²) in [6.45, 7) is 1.39. The molecule has 180 valence electrons. The lowest BCUT2D eigenvalue weighted by Gasteiger charge is -2.13. The van der Waals surface area contributed by atoms with Crippen molar-refractivity contribution in [1.29, 1.82) is 0 Å². The van der Waals surface area contributed by atoms with Crippen molar-refractivity contribution in [3.63, 3.8) is 0 Å². The number of carbonyl (C=O) groups is 1. The van der Waals surface area contributed by atoms with E-state index in [1.54, 1.807) is 23.7 Å². The van der Waals surface area contributed by atoms with E-state index in [1.807, 2.05) is 30.3 Å². The van der Waals surface area contributed by atoms with Gasteiger partial charge in [-0.3, -0.25) is 18.7 Å². The largest absolute Gasteiger partial charge is 0.454 e. The van der Waals surface area contributed by atoms with Crippen LogP contribution in [0.15, 0.2) is 58.4 Å². The van der Waals surface area contributed by atoms with Gasteiger partial charge in [-0.05, 0) is 29.8 Å². The topological polar surface area (TPSA) is 121 Å². The standard InChI is InChI=1S/C24H24N6O5/c1-28-21-20(23(32)29(2)24(28)33)30(13-27-21)10-9-25-17-6-4-3-5-16(17)22(31)26-12-15-7-8-18-19(11-15)35-14-34-18/h3-8,11,13,25H,9-10,12,14H2,1-2H3,(H,26,31). The fraction of sp³-hybridized carbons (Fsp3) is 0.250. The van der Waals surface area contributed by atoms with Crippen LogP contribution in [0, 0.1) is 0 Å². The second kappa shape index (κ2) is 9.01. The summed E-state index contributed by atoms with van der Waals surface area (Å²) in [6.07, 6.45) is 1.54. The number of nitrogens with zero attached hydrogens (tertiary/aromatic N) is 4. The van der Waals surface area contributed by atoms with Crippen LogP contribution in [-0.4, -0.2) is 37.9 Å². The molecule has 0 unspecified atom stereocenters. The predicted octanol–water partition coefficient (Wildman–Crippen LogP) is 1.20. The van der Waals surface area contributed by atoms with E-state index in [-0.39, 0.29) is 12.7 Å². The average molecular weight is 476 g/mol. The molecule has 1 aliphatic heterocycles. The Labute approximate surface area is 199 Å². The van der Waals surface area contributed by atoms with Gasteiger partial charge in [-0.25, -0.2) is 9.78 Å². The van der Waals surface area contributed by atoms with Gasteiger partial charge in [0, 0.05) is 39.4 Å².